The first kappa shape index (κ1) is 21.8. The predicted octanol–water partition coefficient (Wildman–Crippen LogP) is -1.08. The van der Waals surface area contributed by atoms with Gasteiger partial charge in [0.05, 0.1) is 0 Å². The highest BCUT2D eigenvalue weighted by molar-refractivity contribution is 6.00. The molecule has 0 fully saturated rings. The number of ketones is 2. The van der Waals surface area contributed by atoms with Gasteiger partial charge in [0.1, 0.15) is 36.6 Å². The van der Waals surface area contributed by atoms with Crippen LogP contribution >= 0.6 is 0 Å². The van der Waals surface area contributed by atoms with Crippen molar-refractivity contribution in [2.24, 2.45) is 0 Å². The highest BCUT2D eigenvalue weighted by Crippen LogP contribution is 2.16. The number of aliphatic hydroxyl groups excluding tert-OH is 6. The summed E-state index contributed by atoms with van der Waals surface area (Å²) in [6.07, 6.45) is -13.0. The zero-order valence-corrected chi connectivity index (χ0v) is 14.7. The van der Waals surface area contributed by atoms with E-state index in [1.54, 1.807) is 12.1 Å². The van der Waals surface area contributed by atoms with Gasteiger partial charge in [-0.2, -0.15) is 0 Å². The van der Waals surface area contributed by atoms with Gasteiger partial charge in [-0.05, 0) is 0 Å². The summed E-state index contributed by atoms with van der Waals surface area (Å²) in [5.74, 6) is -1.82. The van der Waals surface area contributed by atoms with Crippen molar-refractivity contribution >= 4 is 11.6 Å². The Morgan fingerprint density at radius 3 is 1.07 bits per heavy atom. The third-order valence-corrected chi connectivity index (χ3v) is 4.35. The molecule has 0 amide bonds. The molecule has 0 aromatic heterocycles. The topological polar surface area (TPSA) is 156 Å². The number of aliphatic hydroxyl groups is 6. The third-order valence-electron chi connectivity index (χ3n) is 4.35. The first-order chi connectivity index (χ1) is 13.3. The van der Waals surface area contributed by atoms with E-state index in [0.717, 1.165) is 0 Å². The average molecular weight is 390 g/mol. The monoisotopic (exact) mass is 390 g/mol. The van der Waals surface area contributed by atoms with Crippen LogP contribution < -0.4 is 0 Å². The van der Waals surface area contributed by atoms with Gasteiger partial charge in [0.15, 0.2) is 11.6 Å². The molecule has 2 aromatic carbocycles. The number of hydrogen-bond acceptors (Lipinski definition) is 8. The Labute approximate surface area is 160 Å². The lowest BCUT2D eigenvalue weighted by atomic mass is 9.91. The maximum atomic E-state index is 12.1. The van der Waals surface area contributed by atoms with Crippen molar-refractivity contribution in [2.45, 2.75) is 36.6 Å². The van der Waals surface area contributed by atoms with Gasteiger partial charge in [-0.3, -0.25) is 9.59 Å². The molecule has 2 unspecified atom stereocenters. The van der Waals surface area contributed by atoms with E-state index in [0.29, 0.717) is 0 Å². The Kier molecular flexibility index (Phi) is 7.53. The van der Waals surface area contributed by atoms with E-state index in [9.17, 15) is 40.2 Å². The molecule has 2 rings (SSSR count). The molecule has 150 valence electrons. The second-order valence-corrected chi connectivity index (χ2v) is 6.31. The highest BCUT2D eigenvalue weighted by atomic mass is 16.4. The summed E-state index contributed by atoms with van der Waals surface area (Å²) in [6, 6.07) is 15.0. The number of benzene rings is 2. The second kappa shape index (κ2) is 9.65. The maximum absolute atomic E-state index is 12.1. The normalized spacial score (nSPS) is 17.8. The van der Waals surface area contributed by atoms with Gasteiger partial charge in [0.25, 0.3) is 0 Å². The molecule has 0 spiro atoms. The second-order valence-electron chi connectivity index (χ2n) is 6.31. The summed E-state index contributed by atoms with van der Waals surface area (Å²) in [7, 11) is 0. The van der Waals surface area contributed by atoms with Crippen LogP contribution in [0.25, 0.3) is 0 Å². The van der Waals surface area contributed by atoms with Gasteiger partial charge >= 0.3 is 0 Å². The fourth-order valence-corrected chi connectivity index (χ4v) is 2.63. The summed E-state index contributed by atoms with van der Waals surface area (Å²) in [6.45, 7) is 0. The van der Waals surface area contributed by atoms with Crippen molar-refractivity contribution in [1.29, 1.82) is 0 Å². The quantitative estimate of drug-likeness (QED) is 0.295. The van der Waals surface area contributed by atoms with Gasteiger partial charge in [0.2, 0.25) is 0 Å². The van der Waals surface area contributed by atoms with Crippen molar-refractivity contribution in [3.8, 4) is 0 Å². The minimum absolute atomic E-state index is 0.0654. The van der Waals surface area contributed by atoms with Gasteiger partial charge < -0.3 is 30.6 Å². The molecular weight excluding hydrogens is 368 g/mol. The van der Waals surface area contributed by atoms with Crippen LogP contribution in [0.3, 0.4) is 0 Å². The fourth-order valence-electron chi connectivity index (χ4n) is 2.63. The van der Waals surface area contributed by atoms with E-state index in [-0.39, 0.29) is 11.1 Å². The summed E-state index contributed by atoms with van der Waals surface area (Å²) in [5.41, 5.74) is 0.131. The standard InChI is InChI=1S/C20H22O8/c21-13(11-7-3-1-4-8-11)15(23)17(25)19(27)20(28)18(26)16(24)14(22)12-9-5-2-6-10-12/h1-10,15-20,23-28H/t15?,16?,17-,18-,19-,20-/m1/s1. The molecule has 0 saturated carbocycles. The largest absolute Gasteiger partial charge is 0.387 e. The molecule has 0 bridgehead atoms. The number of Topliss-reactive ketones (excluding diaryl/α,β-unsaturated/α-hetero) is 2. The molecule has 8 heteroatoms. The van der Waals surface area contributed by atoms with Crippen molar-refractivity contribution in [1.82, 2.24) is 0 Å². The van der Waals surface area contributed by atoms with E-state index >= 15 is 0 Å². The number of hydrogen-bond donors (Lipinski definition) is 6. The SMILES string of the molecule is O=C(c1ccccc1)C(O)[C@@H](O)[C@@H](O)[C@H](O)[C@H](O)C(O)C(=O)c1ccccc1. The van der Waals surface area contributed by atoms with E-state index in [1.165, 1.54) is 48.5 Å². The Morgan fingerprint density at radius 1 is 0.500 bits per heavy atom. The summed E-state index contributed by atoms with van der Waals surface area (Å²) < 4.78 is 0. The Morgan fingerprint density at radius 2 is 0.786 bits per heavy atom. The van der Waals surface area contributed by atoms with Crippen molar-refractivity contribution in [3.63, 3.8) is 0 Å². The zero-order chi connectivity index (χ0) is 20.8. The molecule has 0 aliphatic carbocycles. The number of carbonyl (C=O) groups excluding carboxylic acids is 2. The number of carbonyl (C=O) groups is 2. The third kappa shape index (κ3) is 4.87. The first-order valence-corrected chi connectivity index (χ1v) is 8.52. The van der Waals surface area contributed by atoms with Crippen LogP contribution in [0.15, 0.2) is 60.7 Å². The van der Waals surface area contributed by atoms with E-state index < -0.39 is 48.2 Å². The van der Waals surface area contributed by atoms with Gasteiger partial charge in [-0.15, -0.1) is 0 Å². The van der Waals surface area contributed by atoms with Crippen LogP contribution in [0, 0.1) is 0 Å². The highest BCUT2D eigenvalue weighted by Gasteiger charge is 2.41. The maximum Gasteiger partial charge on any atom is 0.194 e. The van der Waals surface area contributed by atoms with Crippen LogP contribution in [-0.4, -0.2) is 78.8 Å². The lowest BCUT2D eigenvalue weighted by molar-refractivity contribution is -0.141. The van der Waals surface area contributed by atoms with Gasteiger partial charge in [-0.1, -0.05) is 60.7 Å². The molecule has 28 heavy (non-hydrogen) atoms. The van der Waals surface area contributed by atoms with E-state index in [4.69, 9.17) is 0 Å². The molecule has 6 atom stereocenters. The van der Waals surface area contributed by atoms with Crippen LogP contribution in [-0.2, 0) is 0 Å². The predicted molar refractivity (Wildman–Crippen MR) is 97.6 cm³/mol. The Hall–Kier alpha value is -2.46. The zero-order valence-electron chi connectivity index (χ0n) is 14.7. The molecule has 0 radical (unpaired) electrons. The molecule has 0 saturated heterocycles. The lowest BCUT2D eigenvalue weighted by Crippen LogP contribution is -2.54. The minimum Gasteiger partial charge on any atom is -0.387 e. The van der Waals surface area contributed by atoms with E-state index in [1.807, 2.05) is 0 Å². The molecule has 8 nitrogen and oxygen atoms in total. The summed E-state index contributed by atoms with van der Waals surface area (Å²) in [4.78, 5) is 24.3. The lowest BCUT2D eigenvalue weighted by Gasteiger charge is -2.30. The smallest absolute Gasteiger partial charge is 0.194 e. The van der Waals surface area contributed by atoms with Crippen LogP contribution in [0.2, 0.25) is 0 Å². The van der Waals surface area contributed by atoms with Gasteiger partial charge in [-0.25, -0.2) is 0 Å². The molecule has 0 aliphatic heterocycles. The average Bonchev–Trinajstić information content (AvgIpc) is 2.76. The van der Waals surface area contributed by atoms with Crippen LogP contribution in [0.5, 0.6) is 0 Å². The van der Waals surface area contributed by atoms with Crippen molar-refractivity contribution in [3.05, 3.63) is 71.8 Å². The van der Waals surface area contributed by atoms with Crippen molar-refractivity contribution < 1.29 is 40.2 Å². The molecule has 0 heterocycles. The molecule has 0 aliphatic rings. The Bertz CT molecular complexity index is 712. The molecular formula is C20H22O8. The van der Waals surface area contributed by atoms with Crippen LogP contribution in [0.1, 0.15) is 20.7 Å². The minimum atomic E-state index is -2.21. The summed E-state index contributed by atoms with van der Waals surface area (Å²) in [5, 5.41) is 60.1. The molecule has 2 aromatic rings. The first-order valence-electron chi connectivity index (χ1n) is 8.52. The fraction of sp³-hybridized carbons (Fsp3) is 0.300. The Balaban J connectivity index is 2.06. The van der Waals surface area contributed by atoms with Crippen molar-refractivity contribution in [2.75, 3.05) is 0 Å². The van der Waals surface area contributed by atoms with E-state index in [2.05, 4.69) is 0 Å². The summed E-state index contributed by atoms with van der Waals surface area (Å²) >= 11 is 0. The van der Waals surface area contributed by atoms with Gasteiger partial charge in [0, 0.05) is 11.1 Å². The molecule has 6 N–H and O–H groups in total. The number of rotatable bonds is 9. The van der Waals surface area contributed by atoms with Crippen LogP contribution in [0.4, 0.5) is 0 Å².